The van der Waals surface area contributed by atoms with Gasteiger partial charge in [0.15, 0.2) is 0 Å². The van der Waals surface area contributed by atoms with Crippen LogP contribution in [0.1, 0.15) is 23.5 Å². The molecule has 1 aliphatic carbocycles. The van der Waals surface area contributed by atoms with Crippen molar-refractivity contribution in [1.82, 2.24) is 0 Å². The van der Waals surface area contributed by atoms with Crippen molar-refractivity contribution in [2.45, 2.75) is 18.9 Å². The summed E-state index contributed by atoms with van der Waals surface area (Å²) < 4.78 is 5.40. The second-order valence-corrected chi connectivity index (χ2v) is 4.13. The molecule has 0 bridgehead atoms. The van der Waals surface area contributed by atoms with Gasteiger partial charge in [0.25, 0.3) is 0 Å². The Balaban J connectivity index is 2.00. The Morgan fingerprint density at radius 3 is 3.07 bits per heavy atom. The van der Waals surface area contributed by atoms with Crippen LogP contribution in [0.3, 0.4) is 0 Å². The number of rotatable bonds is 4. The molecule has 1 atom stereocenters. The van der Waals surface area contributed by atoms with E-state index in [4.69, 9.17) is 4.43 Å². The fourth-order valence-corrected chi connectivity index (χ4v) is 2.19. The molecule has 0 aliphatic heterocycles. The average Bonchev–Trinajstić information content (AvgIpc) is 2.63. The molecule has 1 aromatic rings. The van der Waals surface area contributed by atoms with Crippen molar-refractivity contribution in [2.75, 3.05) is 6.61 Å². The van der Waals surface area contributed by atoms with Crippen molar-refractivity contribution in [3.05, 3.63) is 41.5 Å². The van der Waals surface area contributed by atoms with E-state index in [1.54, 1.807) is 0 Å². The maximum atomic E-state index is 5.40. The zero-order chi connectivity index (χ0) is 9.80. The molecule has 2 rings (SSSR count). The first-order valence-electron chi connectivity index (χ1n) is 4.97. The Kier molecular flexibility index (Phi) is 3.17. The molecule has 0 saturated heterocycles. The van der Waals surface area contributed by atoms with Crippen LogP contribution in [-0.2, 0) is 4.43 Å². The number of allylic oxidation sites excluding steroid dienone is 1. The summed E-state index contributed by atoms with van der Waals surface area (Å²) in [5.74, 6) is 0.572. The molecule has 0 spiro atoms. The lowest BCUT2D eigenvalue weighted by Crippen LogP contribution is -2.01. The molecule has 0 amide bonds. The van der Waals surface area contributed by atoms with Crippen molar-refractivity contribution < 1.29 is 4.43 Å². The fraction of sp³-hybridized carbons (Fsp3) is 0.333. The van der Waals surface area contributed by atoms with Gasteiger partial charge in [0.1, 0.15) is 0 Å². The predicted molar refractivity (Wildman–Crippen MR) is 60.4 cm³/mol. The molecule has 0 N–H and O–H groups in total. The second kappa shape index (κ2) is 4.58. The summed E-state index contributed by atoms with van der Waals surface area (Å²) in [5.41, 5.74) is 2.83. The lowest BCUT2D eigenvalue weighted by atomic mass is 9.98. The number of hydrogen-bond donors (Lipinski definition) is 0. The van der Waals surface area contributed by atoms with E-state index in [1.807, 2.05) is 0 Å². The largest absolute Gasteiger partial charge is 0.418 e. The van der Waals surface area contributed by atoms with Crippen LogP contribution in [0.4, 0.5) is 0 Å². The van der Waals surface area contributed by atoms with E-state index in [0.29, 0.717) is 15.7 Å². The van der Waals surface area contributed by atoms with Crippen LogP contribution in [0.2, 0.25) is 6.55 Å². The molecular weight excluding hydrogens is 188 g/mol. The lowest BCUT2D eigenvalue weighted by molar-refractivity contribution is 0.324. The third kappa shape index (κ3) is 1.96. The van der Waals surface area contributed by atoms with Crippen LogP contribution in [-0.4, -0.2) is 16.4 Å². The number of fused-ring (bicyclic) bond motifs is 1. The molecule has 14 heavy (non-hydrogen) atoms. The van der Waals surface area contributed by atoms with Gasteiger partial charge in [-0.1, -0.05) is 36.4 Å². The summed E-state index contributed by atoms with van der Waals surface area (Å²) in [6.07, 6.45) is 5.61. The lowest BCUT2D eigenvalue weighted by Gasteiger charge is -2.10. The third-order valence-corrected chi connectivity index (χ3v) is 3.07. The van der Waals surface area contributed by atoms with Gasteiger partial charge >= 0.3 is 0 Å². The van der Waals surface area contributed by atoms with Crippen LogP contribution in [0.5, 0.6) is 0 Å². The first-order valence-corrected chi connectivity index (χ1v) is 6.38. The Morgan fingerprint density at radius 2 is 2.21 bits per heavy atom. The topological polar surface area (TPSA) is 9.23 Å². The van der Waals surface area contributed by atoms with E-state index >= 15 is 0 Å². The predicted octanol–water partition coefficient (Wildman–Crippen LogP) is 2.87. The highest BCUT2D eigenvalue weighted by Gasteiger charge is 2.15. The molecular formula is C12H14OSi. The van der Waals surface area contributed by atoms with Crippen molar-refractivity contribution in [3.8, 4) is 0 Å². The SMILES string of the molecule is C[Si]OCCC1C=Cc2ccccc21. The summed E-state index contributed by atoms with van der Waals surface area (Å²) in [4.78, 5) is 0. The monoisotopic (exact) mass is 202 g/mol. The van der Waals surface area contributed by atoms with Gasteiger partial charge in [0, 0.05) is 12.5 Å². The van der Waals surface area contributed by atoms with Crippen LogP contribution in [0.25, 0.3) is 6.08 Å². The minimum Gasteiger partial charge on any atom is -0.418 e. The number of hydrogen-bond acceptors (Lipinski definition) is 1. The maximum absolute atomic E-state index is 5.40. The summed E-state index contributed by atoms with van der Waals surface area (Å²) in [5, 5.41) is 0. The summed E-state index contributed by atoms with van der Waals surface area (Å²) in [6.45, 7) is 2.94. The molecule has 1 nitrogen and oxygen atoms in total. The molecule has 1 aromatic carbocycles. The Labute approximate surface area is 87.7 Å². The van der Waals surface area contributed by atoms with Gasteiger partial charge in [-0.3, -0.25) is 0 Å². The first-order chi connectivity index (χ1) is 6.92. The summed E-state index contributed by atoms with van der Waals surface area (Å²) in [6, 6.07) is 8.60. The van der Waals surface area contributed by atoms with E-state index in [-0.39, 0.29) is 0 Å². The van der Waals surface area contributed by atoms with Gasteiger partial charge in [-0.2, -0.15) is 0 Å². The zero-order valence-electron chi connectivity index (χ0n) is 8.36. The molecule has 0 aromatic heterocycles. The van der Waals surface area contributed by atoms with Gasteiger partial charge < -0.3 is 4.43 Å². The molecule has 2 radical (unpaired) electrons. The van der Waals surface area contributed by atoms with Gasteiger partial charge in [-0.25, -0.2) is 0 Å². The van der Waals surface area contributed by atoms with Crippen LogP contribution >= 0.6 is 0 Å². The van der Waals surface area contributed by atoms with Crippen LogP contribution in [0, 0.1) is 0 Å². The van der Waals surface area contributed by atoms with Crippen molar-refractivity contribution in [2.24, 2.45) is 0 Å². The minimum atomic E-state index is 0.572. The van der Waals surface area contributed by atoms with Crippen molar-refractivity contribution in [1.29, 1.82) is 0 Å². The summed E-state index contributed by atoms with van der Waals surface area (Å²) >= 11 is 0. The van der Waals surface area contributed by atoms with Gasteiger partial charge in [-0.05, 0) is 24.1 Å². The minimum absolute atomic E-state index is 0.572. The quantitative estimate of drug-likeness (QED) is 0.539. The van der Waals surface area contributed by atoms with E-state index in [1.165, 1.54) is 11.1 Å². The highest BCUT2D eigenvalue weighted by molar-refractivity contribution is 6.24. The molecule has 0 saturated carbocycles. The summed E-state index contributed by atoms with van der Waals surface area (Å²) in [7, 11) is 0.609. The normalized spacial score (nSPS) is 18.5. The Bertz CT molecular complexity index is 333. The van der Waals surface area contributed by atoms with E-state index in [2.05, 4.69) is 43.0 Å². The smallest absolute Gasteiger partial charge is 0.226 e. The molecule has 72 valence electrons. The molecule has 1 aliphatic rings. The maximum Gasteiger partial charge on any atom is 0.226 e. The van der Waals surface area contributed by atoms with Crippen molar-refractivity contribution in [3.63, 3.8) is 0 Å². The highest BCUT2D eigenvalue weighted by Crippen LogP contribution is 2.31. The standard InChI is InChI=1S/C12H14OSi/c1-14-13-9-8-11-7-6-10-4-2-3-5-12(10)11/h2-7,11H,8-9H2,1H3. The van der Waals surface area contributed by atoms with E-state index in [9.17, 15) is 0 Å². The van der Waals surface area contributed by atoms with Crippen LogP contribution in [0.15, 0.2) is 30.3 Å². The van der Waals surface area contributed by atoms with E-state index in [0.717, 1.165) is 13.0 Å². The Morgan fingerprint density at radius 1 is 1.36 bits per heavy atom. The highest BCUT2D eigenvalue weighted by atomic mass is 28.2. The molecule has 0 fully saturated rings. The second-order valence-electron chi connectivity index (χ2n) is 3.44. The first kappa shape index (κ1) is 9.68. The number of benzene rings is 1. The molecule has 2 heteroatoms. The molecule has 1 unspecified atom stereocenters. The Hall–Kier alpha value is -0.863. The fourth-order valence-electron chi connectivity index (χ4n) is 1.86. The van der Waals surface area contributed by atoms with Gasteiger partial charge in [0.05, 0.1) is 0 Å². The van der Waals surface area contributed by atoms with E-state index < -0.39 is 0 Å². The van der Waals surface area contributed by atoms with Crippen molar-refractivity contribution >= 4 is 15.8 Å². The average molecular weight is 202 g/mol. The zero-order valence-corrected chi connectivity index (χ0v) is 9.36. The van der Waals surface area contributed by atoms with Gasteiger partial charge in [-0.15, -0.1) is 0 Å². The van der Waals surface area contributed by atoms with Gasteiger partial charge in [0.2, 0.25) is 9.76 Å². The van der Waals surface area contributed by atoms with Crippen LogP contribution < -0.4 is 0 Å². The third-order valence-electron chi connectivity index (χ3n) is 2.58. The molecule has 0 heterocycles.